The number of rotatable bonds is 3. The third-order valence-electron chi connectivity index (χ3n) is 5.42. The van der Waals surface area contributed by atoms with Crippen molar-refractivity contribution in [3.05, 3.63) is 15.9 Å². The highest BCUT2D eigenvalue weighted by Crippen LogP contribution is 2.38. The number of amides is 1. The van der Waals surface area contributed by atoms with E-state index in [1.807, 2.05) is 41.3 Å². The molecule has 3 heterocycles. The maximum Gasteiger partial charge on any atom is 0.406 e. The first kappa shape index (κ1) is 19.9. The van der Waals surface area contributed by atoms with Crippen LogP contribution in [0.3, 0.4) is 0 Å². The number of hydrogen-bond donors (Lipinski definition) is 0. The van der Waals surface area contributed by atoms with Gasteiger partial charge in [0.05, 0.1) is 17.4 Å². The Labute approximate surface area is 163 Å². The fourth-order valence-corrected chi connectivity index (χ4v) is 4.23. The molecular formula is C16H22F3IN4O2. The summed E-state index contributed by atoms with van der Waals surface area (Å²) in [7, 11) is 0. The molecule has 0 aromatic carbocycles. The molecule has 26 heavy (non-hydrogen) atoms. The van der Waals surface area contributed by atoms with Crippen LogP contribution in [0.4, 0.5) is 13.2 Å². The summed E-state index contributed by atoms with van der Waals surface area (Å²) in [4.78, 5) is 21.9. The Kier molecular flexibility index (Phi) is 4.84. The van der Waals surface area contributed by atoms with Gasteiger partial charge < -0.3 is 9.32 Å². The minimum absolute atomic E-state index is 0.336. The lowest BCUT2D eigenvalue weighted by atomic mass is 9.99. The van der Waals surface area contributed by atoms with E-state index in [-0.39, 0.29) is 0 Å². The Morgan fingerprint density at radius 2 is 2.00 bits per heavy atom. The molecule has 2 fully saturated rings. The number of carbonyl (C=O) groups excluding carboxylic acids is 1. The van der Waals surface area contributed by atoms with Gasteiger partial charge in [0.25, 0.3) is 0 Å². The summed E-state index contributed by atoms with van der Waals surface area (Å²) >= 11 is 2.04. The Morgan fingerprint density at radius 3 is 2.54 bits per heavy atom. The number of carbonyl (C=O) groups is 1. The molecule has 1 unspecified atom stereocenters. The van der Waals surface area contributed by atoms with Crippen LogP contribution in [0.2, 0.25) is 0 Å². The molecule has 0 saturated carbocycles. The Balaban J connectivity index is 1.83. The summed E-state index contributed by atoms with van der Waals surface area (Å²) in [6.07, 6.45) is -2.79. The molecule has 3 rings (SSSR count). The molecule has 1 amide bonds. The minimum Gasteiger partial charge on any atom is -0.433 e. The molecular weight excluding hydrogens is 464 g/mol. The van der Waals surface area contributed by atoms with Gasteiger partial charge in [0.15, 0.2) is 3.77 Å². The van der Waals surface area contributed by atoms with Crippen molar-refractivity contribution in [2.24, 2.45) is 0 Å². The van der Waals surface area contributed by atoms with Gasteiger partial charge in [-0.05, 0) is 27.7 Å². The number of hydrogen-bond acceptors (Lipinski definition) is 5. The summed E-state index contributed by atoms with van der Waals surface area (Å²) < 4.78 is 45.2. The number of aromatic nitrogens is 1. The average Bonchev–Trinajstić information content (AvgIpc) is 3.03. The van der Waals surface area contributed by atoms with E-state index in [0.29, 0.717) is 29.3 Å². The van der Waals surface area contributed by atoms with Crippen molar-refractivity contribution in [1.29, 1.82) is 0 Å². The van der Waals surface area contributed by atoms with Crippen molar-refractivity contribution >= 4 is 28.5 Å². The third kappa shape index (κ3) is 3.35. The quantitative estimate of drug-likeness (QED) is 0.616. The Morgan fingerprint density at radius 1 is 1.35 bits per heavy atom. The highest BCUT2D eigenvalue weighted by atomic mass is 127. The monoisotopic (exact) mass is 486 g/mol. The van der Waals surface area contributed by atoms with Gasteiger partial charge in [-0.3, -0.25) is 14.6 Å². The summed E-state index contributed by atoms with van der Waals surface area (Å²) in [5, 5.41) is 0. The van der Waals surface area contributed by atoms with Gasteiger partial charge in [-0.15, -0.1) is 0 Å². The van der Waals surface area contributed by atoms with Gasteiger partial charge in [-0.2, -0.15) is 13.2 Å². The van der Waals surface area contributed by atoms with Crippen molar-refractivity contribution < 1.29 is 22.4 Å². The van der Waals surface area contributed by atoms with Crippen molar-refractivity contribution in [3.8, 4) is 0 Å². The standard InChI is InChI=1S/C16H22F3IN4O2/c1-14(2,13-21-7-11(20)26-13)22-5-6-23-10(8-22)12(25)24(15(23,3)4)9-16(17,18)19/h7,10H,5-6,8-9H2,1-4H3. The van der Waals surface area contributed by atoms with E-state index in [0.717, 1.165) is 4.90 Å². The predicted octanol–water partition coefficient (Wildman–Crippen LogP) is 2.64. The highest BCUT2D eigenvalue weighted by Gasteiger charge is 2.56. The van der Waals surface area contributed by atoms with Crippen LogP contribution in [0.5, 0.6) is 0 Å². The second-order valence-electron chi connectivity index (χ2n) is 7.72. The summed E-state index contributed by atoms with van der Waals surface area (Å²) in [6.45, 7) is 7.46. The summed E-state index contributed by atoms with van der Waals surface area (Å²) in [5.41, 5.74) is -1.52. The van der Waals surface area contributed by atoms with Crippen molar-refractivity contribution in [2.75, 3.05) is 26.2 Å². The first-order valence-corrected chi connectivity index (χ1v) is 9.44. The summed E-state index contributed by atoms with van der Waals surface area (Å²) in [6, 6.07) is -0.602. The zero-order valence-electron chi connectivity index (χ0n) is 15.1. The molecule has 0 aliphatic carbocycles. The van der Waals surface area contributed by atoms with E-state index in [1.54, 1.807) is 20.0 Å². The maximum absolute atomic E-state index is 12.9. The van der Waals surface area contributed by atoms with Crippen molar-refractivity contribution in [3.63, 3.8) is 0 Å². The number of alkyl halides is 3. The lowest BCUT2D eigenvalue weighted by Crippen LogP contribution is -2.61. The zero-order chi connectivity index (χ0) is 19.5. The largest absolute Gasteiger partial charge is 0.433 e. The lowest BCUT2D eigenvalue weighted by Gasteiger charge is -2.46. The topological polar surface area (TPSA) is 52.8 Å². The van der Waals surface area contributed by atoms with Crippen LogP contribution in [-0.4, -0.2) is 69.7 Å². The molecule has 6 nitrogen and oxygen atoms in total. The lowest BCUT2D eigenvalue weighted by molar-refractivity contribution is -0.169. The van der Waals surface area contributed by atoms with Gasteiger partial charge in [0.2, 0.25) is 11.8 Å². The van der Waals surface area contributed by atoms with E-state index in [4.69, 9.17) is 4.42 Å². The van der Waals surface area contributed by atoms with Crippen LogP contribution >= 0.6 is 22.6 Å². The fourth-order valence-electron chi connectivity index (χ4n) is 3.88. The normalized spacial score (nSPS) is 25.0. The number of fused-ring (bicyclic) bond motifs is 1. The molecule has 2 aliphatic rings. The van der Waals surface area contributed by atoms with Crippen LogP contribution in [0.1, 0.15) is 33.6 Å². The van der Waals surface area contributed by atoms with Crippen LogP contribution in [0.25, 0.3) is 0 Å². The Hall–Kier alpha value is -0.880. The molecule has 0 radical (unpaired) electrons. The number of piperazine rings is 1. The third-order valence-corrected chi connectivity index (χ3v) is 5.92. The Bertz CT molecular complexity index is 704. The van der Waals surface area contributed by atoms with Gasteiger partial charge in [-0.1, -0.05) is 0 Å². The molecule has 1 atom stereocenters. The first-order valence-electron chi connectivity index (χ1n) is 8.36. The van der Waals surface area contributed by atoms with Crippen molar-refractivity contribution in [1.82, 2.24) is 19.7 Å². The van der Waals surface area contributed by atoms with E-state index >= 15 is 0 Å². The van der Waals surface area contributed by atoms with Crippen molar-refractivity contribution in [2.45, 2.75) is 51.1 Å². The molecule has 1 aromatic rings. The van der Waals surface area contributed by atoms with Crippen LogP contribution in [0, 0.1) is 3.77 Å². The molecule has 10 heteroatoms. The van der Waals surface area contributed by atoms with E-state index in [9.17, 15) is 18.0 Å². The molecule has 146 valence electrons. The molecule has 2 saturated heterocycles. The average molecular weight is 486 g/mol. The molecule has 2 aliphatic heterocycles. The van der Waals surface area contributed by atoms with Crippen LogP contribution < -0.4 is 0 Å². The molecule has 0 spiro atoms. The fraction of sp³-hybridized carbons (Fsp3) is 0.750. The predicted molar refractivity (Wildman–Crippen MR) is 96.2 cm³/mol. The van der Waals surface area contributed by atoms with Gasteiger partial charge >= 0.3 is 6.18 Å². The molecule has 0 bridgehead atoms. The molecule has 1 aromatic heterocycles. The van der Waals surface area contributed by atoms with E-state index in [1.165, 1.54) is 0 Å². The smallest absolute Gasteiger partial charge is 0.406 e. The molecule has 0 N–H and O–H groups in total. The second kappa shape index (κ2) is 6.33. The van der Waals surface area contributed by atoms with Gasteiger partial charge in [0.1, 0.15) is 12.6 Å². The highest BCUT2D eigenvalue weighted by molar-refractivity contribution is 14.1. The van der Waals surface area contributed by atoms with E-state index in [2.05, 4.69) is 9.88 Å². The summed E-state index contributed by atoms with van der Waals surface area (Å²) in [5.74, 6) is 0.0574. The maximum atomic E-state index is 12.9. The number of oxazole rings is 1. The van der Waals surface area contributed by atoms with E-state index < -0.39 is 35.9 Å². The van der Waals surface area contributed by atoms with Gasteiger partial charge in [0, 0.05) is 42.2 Å². The zero-order valence-corrected chi connectivity index (χ0v) is 17.3. The number of nitrogens with zero attached hydrogens (tertiary/aromatic N) is 4. The van der Waals surface area contributed by atoms with Gasteiger partial charge in [-0.25, -0.2) is 4.98 Å². The SMILES string of the molecule is CC(C)(c1ncc(I)o1)N1CCN2C(C1)C(=O)N(CC(F)(F)F)C2(C)C. The minimum atomic E-state index is -4.42. The van der Waals surface area contributed by atoms with Crippen LogP contribution in [0.15, 0.2) is 10.6 Å². The first-order chi connectivity index (χ1) is 11.8. The van der Waals surface area contributed by atoms with Crippen LogP contribution in [-0.2, 0) is 10.3 Å². The second-order valence-corrected chi connectivity index (χ2v) is 8.78. The number of halogens is 4.